The molecule has 1 aromatic heterocycles. The molecule has 0 saturated heterocycles. The van der Waals surface area contributed by atoms with E-state index in [9.17, 15) is 14.3 Å². The average Bonchev–Trinajstić information content (AvgIpc) is 3.29. The van der Waals surface area contributed by atoms with Crippen molar-refractivity contribution in [2.75, 3.05) is 0 Å². The number of hydrogen-bond acceptors (Lipinski definition) is 2. The van der Waals surface area contributed by atoms with Crippen molar-refractivity contribution in [3.05, 3.63) is 53.8 Å². The number of para-hydroxylation sites is 1. The Morgan fingerprint density at radius 2 is 1.90 bits per heavy atom. The molecule has 1 saturated carbocycles. The van der Waals surface area contributed by atoms with E-state index in [1.165, 1.54) is 6.07 Å². The molecule has 0 unspecified atom stereocenters. The topological polar surface area (TPSA) is 55.1 Å². The van der Waals surface area contributed by atoms with Gasteiger partial charge >= 0.3 is 5.97 Å². The lowest BCUT2D eigenvalue weighted by atomic mass is 9.81. The smallest absolute Gasteiger partial charge is 0.303 e. The summed E-state index contributed by atoms with van der Waals surface area (Å²) in [5.41, 5.74) is 2.97. The van der Waals surface area contributed by atoms with Gasteiger partial charge in [-0.1, -0.05) is 63.1 Å². The number of hydrogen-bond donors (Lipinski definition) is 1. The minimum Gasteiger partial charge on any atom is -0.481 e. The maximum atomic E-state index is 14.8. The molecule has 152 valence electrons. The Kier molecular flexibility index (Phi) is 5.15. The van der Waals surface area contributed by atoms with Crippen molar-refractivity contribution < 1.29 is 14.3 Å². The van der Waals surface area contributed by atoms with E-state index in [2.05, 4.69) is 0 Å². The fourth-order valence-electron chi connectivity index (χ4n) is 4.66. The van der Waals surface area contributed by atoms with Crippen LogP contribution in [0.1, 0.15) is 57.6 Å². The van der Waals surface area contributed by atoms with Crippen molar-refractivity contribution >= 4 is 16.9 Å². The highest BCUT2D eigenvalue weighted by molar-refractivity contribution is 5.94. The minimum atomic E-state index is -0.800. The van der Waals surface area contributed by atoms with Crippen molar-refractivity contribution in [1.29, 1.82) is 0 Å². The summed E-state index contributed by atoms with van der Waals surface area (Å²) in [6.45, 7) is 3.93. The molecule has 29 heavy (non-hydrogen) atoms. The summed E-state index contributed by atoms with van der Waals surface area (Å²) < 4.78 is 16.7. The normalized spacial score (nSPS) is 15.3. The highest BCUT2D eigenvalue weighted by Crippen LogP contribution is 2.39. The maximum absolute atomic E-state index is 14.8. The Morgan fingerprint density at radius 1 is 1.17 bits per heavy atom. The SMILES string of the molecule is CC(C)(CC(=O)O)Cc1ccccc1-c1nn(C2CCCC2)c2c(F)cccc12. The highest BCUT2D eigenvalue weighted by Gasteiger charge is 2.27. The molecular formula is C24H27FN2O2. The third kappa shape index (κ3) is 3.91. The first-order valence-corrected chi connectivity index (χ1v) is 10.3. The van der Waals surface area contributed by atoms with Gasteiger partial charge in [0.1, 0.15) is 17.0 Å². The van der Waals surface area contributed by atoms with Crippen molar-refractivity contribution in [3.8, 4) is 11.3 Å². The molecule has 1 N–H and O–H groups in total. The Balaban J connectivity index is 1.84. The summed E-state index contributed by atoms with van der Waals surface area (Å²) in [7, 11) is 0. The van der Waals surface area contributed by atoms with E-state index in [4.69, 9.17) is 5.10 Å². The Labute approximate surface area is 170 Å². The van der Waals surface area contributed by atoms with Gasteiger partial charge < -0.3 is 5.11 Å². The van der Waals surface area contributed by atoms with E-state index in [-0.39, 0.29) is 18.3 Å². The Hall–Kier alpha value is -2.69. The van der Waals surface area contributed by atoms with Gasteiger partial charge in [0.2, 0.25) is 0 Å². The molecule has 5 heteroatoms. The zero-order chi connectivity index (χ0) is 20.6. The molecule has 1 aliphatic rings. The third-order valence-corrected chi connectivity index (χ3v) is 5.92. The van der Waals surface area contributed by atoms with Crippen LogP contribution in [0.5, 0.6) is 0 Å². The molecular weight excluding hydrogens is 367 g/mol. The van der Waals surface area contributed by atoms with E-state index in [1.54, 1.807) is 6.07 Å². The minimum absolute atomic E-state index is 0.0905. The van der Waals surface area contributed by atoms with Gasteiger partial charge in [0.25, 0.3) is 0 Å². The quantitative estimate of drug-likeness (QED) is 0.558. The molecule has 4 nitrogen and oxygen atoms in total. The molecule has 0 amide bonds. The van der Waals surface area contributed by atoms with Crippen LogP contribution in [0.25, 0.3) is 22.2 Å². The number of rotatable bonds is 6. The lowest BCUT2D eigenvalue weighted by Gasteiger charge is -2.23. The van der Waals surface area contributed by atoms with Gasteiger partial charge in [0.15, 0.2) is 0 Å². The number of nitrogens with zero attached hydrogens (tertiary/aromatic N) is 2. The summed E-state index contributed by atoms with van der Waals surface area (Å²) in [5, 5.41) is 15.0. The number of benzene rings is 2. The fourth-order valence-corrected chi connectivity index (χ4v) is 4.66. The highest BCUT2D eigenvalue weighted by atomic mass is 19.1. The molecule has 1 aliphatic carbocycles. The second-order valence-corrected chi connectivity index (χ2v) is 8.94. The number of carbonyl (C=O) groups is 1. The van der Waals surface area contributed by atoms with Gasteiger partial charge in [-0.05, 0) is 36.3 Å². The van der Waals surface area contributed by atoms with E-state index in [0.29, 0.717) is 11.9 Å². The van der Waals surface area contributed by atoms with Gasteiger partial charge in [-0.3, -0.25) is 9.48 Å². The van der Waals surface area contributed by atoms with E-state index in [1.807, 2.05) is 48.9 Å². The van der Waals surface area contributed by atoms with Gasteiger partial charge in [0, 0.05) is 10.9 Å². The van der Waals surface area contributed by atoms with Gasteiger partial charge in [-0.15, -0.1) is 0 Å². The van der Waals surface area contributed by atoms with Crippen LogP contribution in [0.2, 0.25) is 0 Å². The van der Waals surface area contributed by atoms with Crippen molar-refractivity contribution in [2.24, 2.45) is 5.41 Å². The number of carboxylic acids is 1. The van der Waals surface area contributed by atoms with Gasteiger partial charge in [-0.2, -0.15) is 5.10 Å². The first-order chi connectivity index (χ1) is 13.9. The predicted molar refractivity (Wildman–Crippen MR) is 112 cm³/mol. The summed E-state index contributed by atoms with van der Waals surface area (Å²) in [6, 6.07) is 13.4. The molecule has 1 fully saturated rings. The number of carboxylic acid groups (broad SMARTS) is 1. The Bertz CT molecular complexity index is 1050. The predicted octanol–water partition coefficient (Wildman–Crippen LogP) is 6.00. The second-order valence-electron chi connectivity index (χ2n) is 8.94. The van der Waals surface area contributed by atoms with E-state index >= 15 is 0 Å². The molecule has 4 rings (SSSR count). The maximum Gasteiger partial charge on any atom is 0.303 e. The lowest BCUT2D eigenvalue weighted by Crippen LogP contribution is -2.20. The average molecular weight is 394 g/mol. The van der Waals surface area contributed by atoms with Crippen LogP contribution in [0, 0.1) is 11.2 Å². The Morgan fingerprint density at radius 3 is 2.62 bits per heavy atom. The molecule has 0 aliphatic heterocycles. The summed E-state index contributed by atoms with van der Waals surface area (Å²) in [5.74, 6) is -1.04. The van der Waals surface area contributed by atoms with E-state index < -0.39 is 11.4 Å². The molecule has 0 bridgehead atoms. The van der Waals surface area contributed by atoms with Crippen molar-refractivity contribution in [3.63, 3.8) is 0 Å². The molecule has 0 radical (unpaired) electrons. The first kappa shape index (κ1) is 19.6. The monoisotopic (exact) mass is 394 g/mol. The van der Waals surface area contributed by atoms with Crippen LogP contribution in [-0.2, 0) is 11.2 Å². The van der Waals surface area contributed by atoms with Crippen LogP contribution in [0.15, 0.2) is 42.5 Å². The first-order valence-electron chi connectivity index (χ1n) is 10.3. The fraction of sp³-hybridized carbons (Fsp3) is 0.417. The number of fused-ring (bicyclic) bond motifs is 1. The number of aromatic nitrogens is 2. The second kappa shape index (κ2) is 7.62. The molecule has 3 aromatic rings. The zero-order valence-corrected chi connectivity index (χ0v) is 17.0. The van der Waals surface area contributed by atoms with Gasteiger partial charge in [-0.25, -0.2) is 4.39 Å². The van der Waals surface area contributed by atoms with Crippen molar-refractivity contribution in [2.45, 2.75) is 58.4 Å². The third-order valence-electron chi connectivity index (χ3n) is 5.92. The zero-order valence-electron chi connectivity index (χ0n) is 17.0. The van der Waals surface area contributed by atoms with E-state index in [0.717, 1.165) is 47.9 Å². The van der Waals surface area contributed by atoms with Crippen LogP contribution in [0.4, 0.5) is 4.39 Å². The van der Waals surface area contributed by atoms with Crippen molar-refractivity contribution in [1.82, 2.24) is 9.78 Å². The lowest BCUT2D eigenvalue weighted by molar-refractivity contribution is -0.139. The molecule has 0 spiro atoms. The summed E-state index contributed by atoms with van der Waals surface area (Å²) >= 11 is 0. The van der Waals surface area contributed by atoms with Crippen LogP contribution >= 0.6 is 0 Å². The van der Waals surface area contributed by atoms with Crippen LogP contribution in [-0.4, -0.2) is 20.9 Å². The number of aliphatic carboxylic acids is 1. The molecule has 0 atom stereocenters. The van der Waals surface area contributed by atoms with Crippen LogP contribution in [0.3, 0.4) is 0 Å². The summed E-state index contributed by atoms with van der Waals surface area (Å²) in [6.07, 6.45) is 5.05. The molecule has 2 aromatic carbocycles. The summed E-state index contributed by atoms with van der Waals surface area (Å²) in [4.78, 5) is 11.3. The van der Waals surface area contributed by atoms with Gasteiger partial charge in [0.05, 0.1) is 12.5 Å². The molecule has 1 heterocycles. The standard InChI is InChI=1S/C24H27FN2O2/c1-24(2,15-21(28)29)14-16-8-3-6-11-18(16)22-19-12-7-13-20(25)23(19)27(26-22)17-9-4-5-10-17/h3,6-8,11-13,17H,4-5,9-10,14-15H2,1-2H3,(H,28,29). The number of halogens is 1. The van der Waals surface area contributed by atoms with Crippen LogP contribution < -0.4 is 0 Å². The largest absolute Gasteiger partial charge is 0.481 e.